The second-order valence-electron chi connectivity index (χ2n) is 7.72. The highest BCUT2D eigenvalue weighted by Crippen LogP contribution is 2.39. The van der Waals surface area contributed by atoms with Crippen LogP contribution in [0.3, 0.4) is 0 Å². The van der Waals surface area contributed by atoms with Crippen molar-refractivity contribution in [3.63, 3.8) is 0 Å². The van der Waals surface area contributed by atoms with Crippen molar-refractivity contribution in [2.45, 2.75) is 19.8 Å². The molecule has 0 saturated heterocycles. The molecule has 2 aromatic rings. The molecule has 0 amide bonds. The standard InChI is InChI=1S/C27H27NO7/c1-16-23(26(30)33-4)25(24(17(2)28-16)27(31)34-5)19-9-13-21(14-10-19)35-22(29)15-8-18-6-11-20(32-3)12-7-18/h6-15,25,28H,1-5H3/b15-8+. The lowest BCUT2D eigenvalue weighted by Crippen LogP contribution is -2.32. The average molecular weight is 478 g/mol. The third-order valence-corrected chi connectivity index (χ3v) is 5.53. The van der Waals surface area contributed by atoms with Crippen molar-refractivity contribution in [1.82, 2.24) is 5.32 Å². The van der Waals surface area contributed by atoms with Gasteiger partial charge in [-0.25, -0.2) is 14.4 Å². The highest BCUT2D eigenvalue weighted by atomic mass is 16.5. The van der Waals surface area contributed by atoms with Crippen molar-refractivity contribution in [3.8, 4) is 11.5 Å². The summed E-state index contributed by atoms with van der Waals surface area (Å²) in [6.45, 7) is 3.48. The Kier molecular flexibility index (Phi) is 8.09. The third-order valence-electron chi connectivity index (χ3n) is 5.53. The maximum Gasteiger partial charge on any atom is 0.336 e. The van der Waals surface area contributed by atoms with Crippen molar-refractivity contribution < 1.29 is 33.3 Å². The van der Waals surface area contributed by atoms with Crippen molar-refractivity contribution in [1.29, 1.82) is 0 Å². The Balaban J connectivity index is 1.83. The smallest absolute Gasteiger partial charge is 0.336 e. The summed E-state index contributed by atoms with van der Waals surface area (Å²) in [4.78, 5) is 37.4. The molecule has 2 aromatic carbocycles. The molecule has 1 aliphatic rings. The zero-order chi connectivity index (χ0) is 25.5. The number of hydrogen-bond donors (Lipinski definition) is 1. The molecule has 3 rings (SSSR count). The molecule has 0 radical (unpaired) electrons. The third kappa shape index (κ3) is 5.78. The SMILES string of the molecule is COC(=O)C1=C(C)NC(C)=C(C(=O)OC)C1c1ccc(OC(=O)/C=C/c2ccc(OC)cc2)cc1. The van der Waals surface area contributed by atoms with E-state index in [4.69, 9.17) is 18.9 Å². The lowest BCUT2D eigenvalue weighted by Gasteiger charge is -2.30. The molecular formula is C27H27NO7. The molecule has 0 aliphatic carbocycles. The van der Waals surface area contributed by atoms with Gasteiger partial charge in [0.25, 0.3) is 0 Å². The minimum Gasteiger partial charge on any atom is -0.497 e. The molecular weight excluding hydrogens is 450 g/mol. The second kappa shape index (κ2) is 11.2. The number of dihydropyridines is 1. The summed E-state index contributed by atoms with van der Waals surface area (Å²) in [5, 5.41) is 3.05. The van der Waals surface area contributed by atoms with Gasteiger partial charge in [-0.3, -0.25) is 0 Å². The molecule has 182 valence electrons. The van der Waals surface area contributed by atoms with Gasteiger partial charge in [-0.05, 0) is 55.3 Å². The van der Waals surface area contributed by atoms with Crippen molar-refractivity contribution in [2.75, 3.05) is 21.3 Å². The summed E-state index contributed by atoms with van der Waals surface area (Å²) >= 11 is 0. The van der Waals surface area contributed by atoms with Crippen LogP contribution in [0.25, 0.3) is 6.08 Å². The van der Waals surface area contributed by atoms with E-state index < -0.39 is 23.8 Å². The minimum absolute atomic E-state index is 0.297. The van der Waals surface area contributed by atoms with Crippen molar-refractivity contribution >= 4 is 24.0 Å². The van der Waals surface area contributed by atoms with E-state index in [1.807, 2.05) is 12.1 Å². The second-order valence-corrected chi connectivity index (χ2v) is 7.72. The van der Waals surface area contributed by atoms with Gasteiger partial charge in [0, 0.05) is 17.5 Å². The van der Waals surface area contributed by atoms with Gasteiger partial charge in [0.1, 0.15) is 11.5 Å². The van der Waals surface area contributed by atoms with Crippen LogP contribution in [0.5, 0.6) is 11.5 Å². The monoisotopic (exact) mass is 477 g/mol. The molecule has 8 nitrogen and oxygen atoms in total. The Bertz CT molecular complexity index is 1170. The fraction of sp³-hybridized carbons (Fsp3) is 0.222. The van der Waals surface area contributed by atoms with Crippen LogP contribution in [0.2, 0.25) is 0 Å². The maximum atomic E-state index is 12.6. The van der Waals surface area contributed by atoms with E-state index in [0.717, 1.165) is 11.3 Å². The molecule has 8 heteroatoms. The molecule has 0 spiro atoms. The Labute approximate surface area is 203 Å². The topological polar surface area (TPSA) is 100 Å². The Hall–Kier alpha value is -4.33. The number of carbonyl (C=O) groups excluding carboxylic acids is 3. The largest absolute Gasteiger partial charge is 0.497 e. The van der Waals surface area contributed by atoms with Gasteiger partial charge in [0.15, 0.2) is 0 Å². The number of nitrogens with one attached hydrogen (secondary N) is 1. The van der Waals surface area contributed by atoms with Crippen molar-refractivity contribution in [3.05, 3.63) is 88.3 Å². The first-order valence-electron chi connectivity index (χ1n) is 10.8. The molecule has 0 atom stereocenters. The molecule has 0 fully saturated rings. The number of ether oxygens (including phenoxy) is 4. The lowest BCUT2D eigenvalue weighted by molar-refractivity contribution is -0.137. The van der Waals surface area contributed by atoms with Gasteiger partial charge < -0.3 is 24.3 Å². The van der Waals surface area contributed by atoms with E-state index >= 15 is 0 Å². The van der Waals surface area contributed by atoms with Gasteiger partial charge in [-0.15, -0.1) is 0 Å². The number of allylic oxidation sites excluding steroid dienone is 2. The first-order valence-corrected chi connectivity index (χ1v) is 10.8. The fourth-order valence-electron chi connectivity index (χ4n) is 3.85. The normalized spacial score (nSPS) is 14.0. The van der Waals surface area contributed by atoms with Crippen LogP contribution in [-0.4, -0.2) is 39.2 Å². The first-order chi connectivity index (χ1) is 16.8. The predicted octanol–water partition coefficient (Wildman–Crippen LogP) is 3.89. The molecule has 0 bridgehead atoms. The van der Waals surface area contributed by atoms with Gasteiger partial charge in [-0.1, -0.05) is 24.3 Å². The van der Waals surface area contributed by atoms with Crippen LogP contribution in [0.4, 0.5) is 0 Å². The molecule has 1 heterocycles. The number of esters is 3. The number of benzene rings is 2. The van der Waals surface area contributed by atoms with Crippen molar-refractivity contribution in [2.24, 2.45) is 0 Å². The summed E-state index contributed by atoms with van der Waals surface area (Å²) in [6, 6.07) is 13.8. The number of hydrogen-bond acceptors (Lipinski definition) is 8. The Morgan fingerprint density at radius 3 is 1.77 bits per heavy atom. The fourth-order valence-corrected chi connectivity index (χ4v) is 3.85. The van der Waals surface area contributed by atoms with Gasteiger partial charge in [-0.2, -0.15) is 0 Å². The first kappa shape index (κ1) is 25.3. The van der Waals surface area contributed by atoms with Crippen LogP contribution in [0, 0.1) is 0 Å². The Morgan fingerprint density at radius 1 is 0.771 bits per heavy atom. The van der Waals surface area contributed by atoms with E-state index in [1.54, 1.807) is 63.4 Å². The van der Waals surface area contributed by atoms with Gasteiger partial charge in [0.2, 0.25) is 0 Å². The summed E-state index contributed by atoms with van der Waals surface area (Å²) in [5.41, 5.74) is 3.20. The van der Waals surface area contributed by atoms with E-state index in [2.05, 4.69) is 5.32 Å². The Morgan fingerprint density at radius 2 is 1.29 bits per heavy atom. The number of methoxy groups -OCH3 is 3. The van der Waals surface area contributed by atoms with Gasteiger partial charge in [0.05, 0.1) is 38.4 Å². The van der Waals surface area contributed by atoms with E-state index in [9.17, 15) is 14.4 Å². The molecule has 1 N–H and O–H groups in total. The number of rotatable bonds is 7. The summed E-state index contributed by atoms with van der Waals surface area (Å²) in [7, 11) is 4.15. The molecule has 0 unspecified atom stereocenters. The van der Waals surface area contributed by atoms with Crippen LogP contribution < -0.4 is 14.8 Å². The minimum atomic E-state index is -0.712. The highest BCUT2D eigenvalue weighted by Gasteiger charge is 2.37. The van der Waals surface area contributed by atoms with Gasteiger partial charge >= 0.3 is 17.9 Å². The predicted molar refractivity (Wildman–Crippen MR) is 129 cm³/mol. The van der Waals surface area contributed by atoms with E-state index in [-0.39, 0.29) is 0 Å². The van der Waals surface area contributed by atoms with Crippen LogP contribution in [0.1, 0.15) is 30.9 Å². The van der Waals surface area contributed by atoms with E-state index in [0.29, 0.717) is 33.9 Å². The van der Waals surface area contributed by atoms with E-state index in [1.165, 1.54) is 20.3 Å². The highest BCUT2D eigenvalue weighted by molar-refractivity contribution is 5.99. The lowest BCUT2D eigenvalue weighted by atomic mass is 9.80. The summed E-state index contributed by atoms with van der Waals surface area (Å²) in [5.74, 6) is -1.35. The molecule has 35 heavy (non-hydrogen) atoms. The zero-order valence-electron chi connectivity index (χ0n) is 20.2. The quantitative estimate of drug-likeness (QED) is 0.364. The van der Waals surface area contributed by atoms with Crippen LogP contribution in [0.15, 0.2) is 77.1 Å². The average Bonchev–Trinajstić information content (AvgIpc) is 2.87. The maximum absolute atomic E-state index is 12.6. The summed E-state index contributed by atoms with van der Waals surface area (Å²) in [6.07, 6.45) is 2.96. The zero-order valence-corrected chi connectivity index (χ0v) is 20.2. The molecule has 0 saturated carbocycles. The van der Waals surface area contributed by atoms with Crippen LogP contribution >= 0.6 is 0 Å². The molecule has 0 aromatic heterocycles. The van der Waals surface area contributed by atoms with Crippen LogP contribution in [-0.2, 0) is 23.9 Å². The molecule has 1 aliphatic heterocycles. The summed E-state index contributed by atoms with van der Waals surface area (Å²) < 4.78 is 20.4. The number of carbonyl (C=O) groups is 3.